The zero-order chi connectivity index (χ0) is 25.0. The Morgan fingerprint density at radius 1 is 1.06 bits per heavy atom. The summed E-state index contributed by atoms with van der Waals surface area (Å²) in [6.07, 6.45) is 0.356. The van der Waals surface area contributed by atoms with Crippen molar-refractivity contribution in [3.63, 3.8) is 0 Å². The highest BCUT2D eigenvalue weighted by molar-refractivity contribution is 7.92. The fourth-order valence-electron chi connectivity index (χ4n) is 3.51. The van der Waals surface area contributed by atoms with E-state index in [4.69, 9.17) is 4.74 Å². The van der Waals surface area contributed by atoms with Gasteiger partial charge in [-0.1, -0.05) is 30.3 Å². The first-order valence-corrected chi connectivity index (χ1v) is 12.0. The highest BCUT2D eigenvalue weighted by atomic mass is 32.2. The van der Waals surface area contributed by atoms with E-state index in [1.54, 1.807) is 16.7 Å². The minimum atomic E-state index is -4.21. The van der Waals surface area contributed by atoms with E-state index in [-0.39, 0.29) is 34.1 Å². The number of ether oxygens (including phenoxy) is 1. The fourth-order valence-corrected chi connectivity index (χ4v) is 4.63. The van der Waals surface area contributed by atoms with Gasteiger partial charge < -0.3 is 9.72 Å². The first-order chi connectivity index (χ1) is 16.8. The quantitative estimate of drug-likeness (QED) is 0.156. The summed E-state index contributed by atoms with van der Waals surface area (Å²) in [6.45, 7) is 0.313. The third-order valence-electron chi connectivity index (χ3n) is 5.17. The van der Waals surface area contributed by atoms with Crippen LogP contribution in [0.2, 0.25) is 0 Å². The molecule has 180 valence electrons. The molecule has 0 radical (unpaired) electrons. The highest BCUT2D eigenvalue weighted by Gasteiger charge is 2.21. The molecule has 4 rings (SSSR count). The average Bonchev–Trinajstić information content (AvgIpc) is 3.16. The predicted octanol–water partition coefficient (Wildman–Crippen LogP) is 3.29. The molecule has 0 aliphatic rings. The summed E-state index contributed by atoms with van der Waals surface area (Å²) in [6, 6.07) is 17.7. The molecule has 0 amide bonds. The molecule has 0 atom stereocenters. The number of carbonyl (C=O) groups is 1. The lowest BCUT2D eigenvalue weighted by Gasteiger charge is -2.12. The number of rotatable bonds is 9. The van der Waals surface area contributed by atoms with E-state index >= 15 is 0 Å². The second kappa shape index (κ2) is 9.81. The molecule has 11 nitrogen and oxygen atoms in total. The Morgan fingerprint density at radius 3 is 2.60 bits per heavy atom. The van der Waals surface area contributed by atoms with Gasteiger partial charge in [0.2, 0.25) is 0 Å². The van der Waals surface area contributed by atoms with Crippen LogP contribution >= 0.6 is 0 Å². The molecule has 12 heteroatoms. The molecule has 0 aliphatic carbocycles. The van der Waals surface area contributed by atoms with Gasteiger partial charge in [0.1, 0.15) is 0 Å². The molecule has 0 saturated carbocycles. The maximum absolute atomic E-state index is 12.8. The number of nitro benzene ring substituents is 1. The Hall–Kier alpha value is -4.45. The number of anilines is 1. The maximum Gasteiger partial charge on any atom is 0.340 e. The number of hydrogen-bond acceptors (Lipinski definition) is 7. The number of para-hydroxylation sites is 3. The van der Waals surface area contributed by atoms with Gasteiger partial charge in [-0.15, -0.1) is 0 Å². The molecule has 0 bridgehead atoms. The zero-order valence-electron chi connectivity index (χ0n) is 18.2. The molecular weight excluding hydrogens is 476 g/mol. The minimum absolute atomic E-state index is 0.00323. The number of nitro groups is 1. The van der Waals surface area contributed by atoms with Crippen LogP contribution in [0.3, 0.4) is 0 Å². The Kier molecular flexibility index (Phi) is 6.64. The standard InChI is InChI=1S/C23H20N4O7S/c28-22(34-14-6-13-26-21-12-4-3-11-20(21)24-23(26)29)18-9-1-2-10-19(18)25-35(32,33)17-8-5-7-16(15-17)27(30)31/h1-5,7-12,15,25H,6,13-14H2,(H,24,29). The van der Waals surface area contributed by atoms with Crippen molar-refractivity contribution in [3.8, 4) is 0 Å². The number of aromatic amines is 1. The lowest BCUT2D eigenvalue weighted by molar-refractivity contribution is -0.385. The number of aromatic nitrogens is 2. The van der Waals surface area contributed by atoms with Gasteiger partial charge in [-0.05, 0) is 36.8 Å². The molecule has 0 saturated heterocycles. The predicted molar refractivity (Wildman–Crippen MR) is 128 cm³/mol. The zero-order valence-corrected chi connectivity index (χ0v) is 19.0. The molecule has 3 aromatic carbocycles. The van der Waals surface area contributed by atoms with Crippen molar-refractivity contribution < 1.29 is 22.9 Å². The molecular formula is C23H20N4O7S. The number of non-ortho nitro benzene ring substituents is 1. The van der Waals surface area contributed by atoms with Crippen LogP contribution in [0.25, 0.3) is 11.0 Å². The molecule has 2 N–H and O–H groups in total. The number of carbonyl (C=O) groups excluding carboxylic acids is 1. The number of fused-ring (bicyclic) bond motifs is 1. The molecule has 35 heavy (non-hydrogen) atoms. The van der Waals surface area contributed by atoms with Crippen LogP contribution in [0.15, 0.2) is 82.5 Å². The molecule has 4 aromatic rings. The fraction of sp³-hybridized carbons (Fsp3) is 0.130. The number of esters is 1. The van der Waals surface area contributed by atoms with Crippen LogP contribution in [-0.2, 0) is 21.3 Å². The topological polar surface area (TPSA) is 153 Å². The van der Waals surface area contributed by atoms with Crippen LogP contribution in [0.5, 0.6) is 0 Å². The lowest BCUT2D eigenvalue weighted by atomic mass is 10.2. The van der Waals surface area contributed by atoms with Crippen molar-refractivity contribution in [2.24, 2.45) is 0 Å². The van der Waals surface area contributed by atoms with Gasteiger partial charge >= 0.3 is 11.7 Å². The van der Waals surface area contributed by atoms with Gasteiger partial charge in [0.25, 0.3) is 15.7 Å². The van der Waals surface area contributed by atoms with E-state index in [9.17, 15) is 28.1 Å². The van der Waals surface area contributed by atoms with Gasteiger partial charge in [-0.25, -0.2) is 18.0 Å². The molecule has 1 heterocycles. The second-order valence-corrected chi connectivity index (χ2v) is 9.18. The van der Waals surface area contributed by atoms with Crippen LogP contribution in [0.1, 0.15) is 16.8 Å². The first kappa shape index (κ1) is 23.7. The summed E-state index contributed by atoms with van der Waals surface area (Å²) in [7, 11) is -4.21. The van der Waals surface area contributed by atoms with Crippen molar-refractivity contribution in [2.45, 2.75) is 17.9 Å². The number of imidazole rings is 1. The van der Waals surface area contributed by atoms with Crippen molar-refractivity contribution >= 4 is 38.4 Å². The van der Waals surface area contributed by atoms with Crippen LogP contribution in [0, 0.1) is 10.1 Å². The lowest BCUT2D eigenvalue weighted by Crippen LogP contribution is -2.19. The largest absolute Gasteiger partial charge is 0.462 e. The van der Waals surface area contributed by atoms with Crippen molar-refractivity contribution in [1.82, 2.24) is 9.55 Å². The number of sulfonamides is 1. The summed E-state index contributed by atoms with van der Waals surface area (Å²) in [5, 5.41) is 11.0. The smallest absolute Gasteiger partial charge is 0.340 e. The van der Waals surface area contributed by atoms with Gasteiger partial charge in [0.15, 0.2) is 0 Å². The van der Waals surface area contributed by atoms with Crippen molar-refractivity contribution in [1.29, 1.82) is 0 Å². The molecule has 0 aliphatic heterocycles. The number of benzene rings is 3. The van der Waals surface area contributed by atoms with E-state index in [1.165, 1.54) is 36.4 Å². The highest BCUT2D eigenvalue weighted by Crippen LogP contribution is 2.23. The SMILES string of the molecule is O=C(OCCCn1c(=O)[nH]c2ccccc21)c1ccccc1NS(=O)(=O)c1cccc([N+](=O)[O-])c1. The Morgan fingerprint density at radius 2 is 1.80 bits per heavy atom. The molecule has 0 spiro atoms. The summed E-state index contributed by atoms with van der Waals surface area (Å²) in [5.74, 6) is -0.756. The number of H-pyrrole nitrogens is 1. The number of aryl methyl sites for hydroxylation is 1. The van der Waals surface area contributed by atoms with E-state index < -0.39 is 20.9 Å². The third-order valence-corrected chi connectivity index (χ3v) is 6.53. The minimum Gasteiger partial charge on any atom is -0.462 e. The maximum atomic E-state index is 12.8. The van der Waals surface area contributed by atoms with Crippen molar-refractivity contribution in [3.05, 3.63) is 99.0 Å². The number of nitrogens with one attached hydrogen (secondary N) is 2. The summed E-state index contributed by atoms with van der Waals surface area (Å²) in [5.41, 5.74) is 0.750. The first-order valence-electron chi connectivity index (χ1n) is 10.5. The third kappa shape index (κ3) is 5.22. The molecule has 0 unspecified atom stereocenters. The van der Waals surface area contributed by atoms with Gasteiger partial charge in [-0.2, -0.15) is 0 Å². The Bertz CT molecular complexity index is 1570. The summed E-state index contributed by atoms with van der Waals surface area (Å²) >= 11 is 0. The number of nitrogens with zero attached hydrogens (tertiary/aromatic N) is 2. The van der Waals surface area contributed by atoms with E-state index in [1.807, 2.05) is 18.2 Å². The van der Waals surface area contributed by atoms with E-state index in [0.717, 1.165) is 11.6 Å². The van der Waals surface area contributed by atoms with E-state index in [2.05, 4.69) is 9.71 Å². The summed E-state index contributed by atoms with van der Waals surface area (Å²) in [4.78, 5) is 37.5. The van der Waals surface area contributed by atoms with Crippen LogP contribution in [-0.4, -0.2) is 35.5 Å². The number of hydrogen-bond donors (Lipinski definition) is 2. The van der Waals surface area contributed by atoms with Gasteiger partial charge in [0.05, 0.1) is 38.7 Å². The van der Waals surface area contributed by atoms with E-state index in [0.29, 0.717) is 18.5 Å². The van der Waals surface area contributed by atoms with Crippen LogP contribution < -0.4 is 10.4 Å². The average molecular weight is 497 g/mol. The van der Waals surface area contributed by atoms with Gasteiger partial charge in [0, 0.05) is 18.7 Å². The summed E-state index contributed by atoms with van der Waals surface area (Å²) < 4.78 is 34.7. The van der Waals surface area contributed by atoms with Gasteiger partial charge in [-0.3, -0.25) is 19.4 Å². The second-order valence-electron chi connectivity index (χ2n) is 7.49. The molecule has 1 aromatic heterocycles. The Labute approximate surface area is 199 Å². The van der Waals surface area contributed by atoms with Crippen molar-refractivity contribution in [2.75, 3.05) is 11.3 Å². The van der Waals surface area contributed by atoms with Crippen LogP contribution in [0.4, 0.5) is 11.4 Å². The molecule has 0 fully saturated rings. The normalized spacial score (nSPS) is 11.3. The Balaban J connectivity index is 1.43. The monoisotopic (exact) mass is 496 g/mol.